The van der Waals surface area contributed by atoms with Crippen LogP contribution in [0.4, 0.5) is 0 Å². The molecule has 0 fully saturated rings. The molecule has 0 aliphatic heterocycles. The summed E-state index contributed by atoms with van der Waals surface area (Å²) >= 11 is 0. The molecule has 11 aromatic rings. The molecule has 0 saturated carbocycles. The minimum atomic E-state index is -0.331. The van der Waals surface area contributed by atoms with Crippen LogP contribution >= 0.6 is 0 Å². The average Bonchev–Trinajstić information content (AvgIpc) is 4.07. The summed E-state index contributed by atoms with van der Waals surface area (Å²) in [4.78, 5) is 14.1. The molecule has 0 atom stereocenters. The largest absolute Gasteiger partial charge is 0.456 e. The van der Waals surface area contributed by atoms with Gasteiger partial charge in [-0.05, 0) is 11.1 Å². The van der Waals surface area contributed by atoms with Gasteiger partial charge in [-0.1, -0.05) is 81.9 Å². The highest BCUT2D eigenvalue weighted by atomic mass is 16.3. The van der Waals surface area contributed by atoms with Gasteiger partial charge in [-0.3, -0.25) is 0 Å². The van der Waals surface area contributed by atoms with Crippen LogP contribution in [0, 0.1) is 0 Å². The fourth-order valence-corrected chi connectivity index (χ4v) is 10.5. The molecule has 31 heteroatoms. The number of nitrogens with zero attached hydrogens (tertiary/aromatic N) is 4. The Morgan fingerprint density at radius 3 is 0.934 bits per heavy atom. The van der Waals surface area contributed by atoms with Crippen LogP contribution in [-0.4, -0.2) is 223 Å². The third-order valence-corrected chi connectivity index (χ3v) is 14.5. The van der Waals surface area contributed by atoms with Gasteiger partial charge in [0.1, 0.15) is 215 Å². The van der Waals surface area contributed by atoms with Crippen molar-refractivity contribution in [2.75, 3.05) is 0 Å². The Morgan fingerprint density at radius 2 is 0.474 bits per heavy atom. The van der Waals surface area contributed by atoms with Gasteiger partial charge in [0.15, 0.2) is 17.5 Å². The number of furan rings is 1. The van der Waals surface area contributed by atoms with Gasteiger partial charge >= 0.3 is 0 Å². The molecule has 0 unspecified atom stereocenters. The van der Waals surface area contributed by atoms with E-state index in [2.05, 4.69) is 4.98 Å². The van der Waals surface area contributed by atoms with Gasteiger partial charge < -0.3 is 8.82 Å². The lowest BCUT2D eigenvalue weighted by molar-refractivity contribution is 0.676. The molecule has 0 bridgehead atoms. The van der Waals surface area contributed by atoms with E-state index in [9.17, 15) is 0 Å². The van der Waals surface area contributed by atoms with Crippen LogP contribution in [-0.2, 0) is 0 Å². The van der Waals surface area contributed by atoms with Crippen molar-refractivity contribution in [3.05, 3.63) is 0 Å². The van der Waals surface area contributed by atoms with Gasteiger partial charge in [0.2, 0.25) is 0 Å². The molecule has 7 aromatic carbocycles. The summed E-state index contributed by atoms with van der Waals surface area (Å²) in [5.74, 6) is -0.910. The maximum Gasteiger partial charge on any atom is 0.162 e. The Hall–Kier alpha value is -5.16. The lowest BCUT2D eigenvalue weighted by Crippen LogP contribution is -2.55. The van der Waals surface area contributed by atoms with E-state index in [0.29, 0.717) is 10.9 Å². The van der Waals surface area contributed by atoms with Crippen LogP contribution in [0.1, 0.15) is 0 Å². The van der Waals surface area contributed by atoms with Crippen molar-refractivity contribution in [1.82, 2.24) is 19.4 Å². The predicted octanol–water partition coefficient (Wildman–Crippen LogP) is -19.8. The SMILES string of the molecule is [B]c1c([B])c([B])c(-c2nc(-c3c([B])c([B])c([B])c([B])c3[B])nc(-c3c([B])c([B])c([B])c(-c4c([B])c([B])c5c(c4[B])c4c([B])c6c(oc7c([B])c([B])c([B])c([B])c76)c6c7c([B])c([B])c([B])c([B])c7n5c46)c3[B])n2)c([B])c1[B]. The van der Waals surface area contributed by atoms with E-state index in [1.807, 2.05) is 0 Å². The van der Waals surface area contributed by atoms with Crippen LogP contribution in [0.5, 0.6) is 0 Å². The molecule has 0 N–H and O–H groups in total. The summed E-state index contributed by atoms with van der Waals surface area (Å²) < 4.78 is 8.20. The molecule has 284 valence electrons. The Labute approximate surface area is 472 Å². The maximum atomic E-state index is 7.42. The van der Waals surface area contributed by atoms with Crippen molar-refractivity contribution in [3.63, 3.8) is 0 Å². The number of hydrogen-bond acceptors (Lipinski definition) is 4. The van der Waals surface area contributed by atoms with Gasteiger partial charge in [-0.15, -0.1) is 60.1 Å². The number of benzene rings is 7. The Balaban J connectivity index is 1.31. The zero-order valence-corrected chi connectivity index (χ0v) is 39.7. The minimum absolute atomic E-state index is 0.000127. The highest BCUT2D eigenvalue weighted by Crippen LogP contribution is 2.42. The van der Waals surface area contributed by atoms with Crippen molar-refractivity contribution in [2.45, 2.75) is 0 Å². The molecule has 0 saturated heterocycles. The van der Waals surface area contributed by atoms with Crippen molar-refractivity contribution >= 4 is 406 Å². The summed E-state index contributed by atoms with van der Waals surface area (Å²) in [6.45, 7) is 0. The summed E-state index contributed by atoms with van der Waals surface area (Å²) in [7, 11) is 173. The quantitative estimate of drug-likeness (QED) is 0.165. The van der Waals surface area contributed by atoms with E-state index in [-0.39, 0.29) is 236 Å². The van der Waals surface area contributed by atoms with E-state index in [1.54, 1.807) is 4.40 Å². The first kappa shape index (κ1) is 52.9. The van der Waals surface area contributed by atoms with E-state index in [4.69, 9.17) is 218 Å². The smallest absolute Gasteiger partial charge is 0.162 e. The molecule has 76 heavy (non-hydrogen) atoms. The third kappa shape index (κ3) is 6.62. The Bertz CT molecular complexity index is 4460. The molecule has 0 amide bonds. The van der Waals surface area contributed by atoms with Gasteiger partial charge in [0.25, 0.3) is 0 Å². The molecule has 0 aliphatic carbocycles. The predicted molar refractivity (Wildman–Crippen MR) is 344 cm³/mol. The first-order valence-electron chi connectivity index (χ1n) is 22.2. The maximum absolute atomic E-state index is 7.42. The lowest BCUT2D eigenvalue weighted by Gasteiger charge is -2.27. The van der Waals surface area contributed by atoms with Crippen LogP contribution in [0.2, 0.25) is 0 Å². The van der Waals surface area contributed by atoms with E-state index in [1.165, 1.54) is 0 Å². The number of aromatic nitrogens is 4. The normalized spacial score (nSPS) is 12.0. The Kier molecular flexibility index (Phi) is 12.3. The van der Waals surface area contributed by atoms with Gasteiger partial charge in [-0.25, -0.2) is 15.0 Å². The Morgan fingerprint density at radius 1 is 0.197 bits per heavy atom. The fraction of sp³-hybridized carbons (Fsp3) is 0. The lowest BCUT2D eigenvalue weighted by atomic mass is 9.59. The number of hydrogen-bond donors (Lipinski definition) is 0. The van der Waals surface area contributed by atoms with Gasteiger partial charge in [-0.2, -0.15) is 0 Å². The summed E-state index contributed by atoms with van der Waals surface area (Å²) in [6.07, 6.45) is 0. The van der Waals surface area contributed by atoms with Crippen molar-refractivity contribution in [3.8, 4) is 45.3 Å². The summed E-state index contributed by atoms with van der Waals surface area (Å²) in [5, 5.41) is 1.45. The molecular formula is C45B26N4O. The summed E-state index contributed by atoms with van der Waals surface area (Å²) in [6, 6.07) is 0. The number of fused-ring (bicyclic) bond motifs is 10. The fourth-order valence-electron chi connectivity index (χ4n) is 10.5. The first-order chi connectivity index (χ1) is 35.6. The van der Waals surface area contributed by atoms with Crippen LogP contribution in [0.3, 0.4) is 0 Å². The zero-order chi connectivity index (χ0) is 55.4. The molecule has 0 aliphatic rings. The highest BCUT2D eigenvalue weighted by Gasteiger charge is 2.32. The second-order valence-electron chi connectivity index (χ2n) is 18.3. The van der Waals surface area contributed by atoms with Gasteiger partial charge in [0.05, 0.1) is 10.9 Å². The van der Waals surface area contributed by atoms with Crippen molar-refractivity contribution in [2.24, 2.45) is 0 Å². The minimum Gasteiger partial charge on any atom is -0.456 e. The first-order valence-corrected chi connectivity index (χ1v) is 22.2. The second-order valence-corrected chi connectivity index (χ2v) is 18.3. The molecular weight excluding hydrogens is 894 g/mol. The third-order valence-electron chi connectivity index (χ3n) is 14.5. The van der Waals surface area contributed by atoms with Crippen LogP contribution < -0.4 is 142 Å². The molecule has 11 rings (SSSR count). The van der Waals surface area contributed by atoms with Crippen molar-refractivity contribution in [1.29, 1.82) is 0 Å². The molecule has 4 heterocycles. The standard InChI is InChI=1S/C45B26N4O/c46-12-1(2-13(47)9(19(53)24(58)15(2)49)43-72-44(10-20(54)27(61)31(65)28(62)21(10)55)74-45(73-43)11-22(56)29(63)32(66)30(64)23(11)57)16(50)35(69)39-4(12)3-14(48)6-7-18(52)26(60)34(68)37(71)42(7)76-41(6)8-5-17(51)25(59)33(67)36(70)40(5)75(39)38(3)8. The highest BCUT2D eigenvalue weighted by molar-refractivity contribution is 6.74. The monoisotopic (exact) mass is 898 g/mol. The number of rotatable bonds is 4. The molecule has 5 nitrogen and oxygen atoms in total. The topological polar surface area (TPSA) is 56.2 Å². The zero-order valence-electron chi connectivity index (χ0n) is 39.7. The van der Waals surface area contributed by atoms with E-state index in [0.717, 1.165) is 0 Å². The molecule has 4 aromatic heterocycles. The summed E-state index contributed by atoms with van der Waals surface area (Å²) in [5.41, 5.74) is -2.72. The van der Waals surface area contributed by atoms with E-state index >= 15 is 0 Å². The van der Waals surface area contributed by atoms with Crippen molar-refractivity contribution < 1.29 is 4.42 Å². The van der Waals surface area contributed by atoms with Crippen LogP contribution in [0.25, 0.3) is 105 Å². The second kappa shape index (κ2) is 17.7. The van der Waals surface area contributed by atoms with Crippen LogP contribution in [0.15, 0.2) is 4.42 Å². The van der Waals surface area contributed by atoms with Gasteiger partial charge in [0, 0.05) is 54.7 Å². The molecule has 52 radical (unpaired) electrons. The van der Waals surface area contributed by atoms with E-state index < -0.39 is 0 Å². The molecule has 0 spiro atoms. The average molecular weight is 894 g/mol.